The summed E-state index contributed by atoms with van der Waals surface area (Å²) in [6.45, 7) is 2.08. The predicted octanol–water partition coefficient (Wildman–Crippen LogP) is 1.93. The Bertz CT molecular complexity index is 564. The van der Waals surface area contributed by atoms with Crippen LogP contribution in [0, 0.1) is 0 Å². The van der Waals surface area contributed by atoms with Gasteiger partial charge in [-0.05, 0) is 13.0 Å². The zero-order chi connectivity index (χ0) is 11.8. The van der Waals surface area contributed by atoms with E-state index in [0.717, 1.165) is 24.2 Å². The molecule has 0 radical (unpaired) electrons. The topological polar surface area (TPSA) is 24.2 Å². The van der Waals surface area contributed by atoms with Crippen molar-refractivity contribution in [3.63, 3.8) is 0 Å². The first-order chi connectivity index (χ1) is 8.31. The summed E-state index contributed by atoms with van der Waals surface area (Å²) in [4.78, 5) is 13.1. The molecule has 0 bridgehead atoms. The molecular formula is C13H13N2OS+. The molecule has 1 unspecified atom stereocenters. The summed E-state index contributed by atoms with van der Waals surface area (Å²) in [6, 6.07) is 8.23. The molecular weight excluding hydrogens is 232 g/mol. The highest BCUT2D eigenvalue weighted by Gasteiger charge is 2.30. The van der Waals surface area contributed by atoms with Gasteiger partial charge >= 0.3 is 0 Å². The maximum Gasteiger partial charge on any atom is 0.245 e. The summed E-state index contributed by atoms with van der Waals surface area (Å²) in [7, 11) is 0. The first-order valence-corrected chi connectivity index (χ1v) is 6.50. The second-order valence-corrected chi connectivity index (χ2v) is 5.20. The molecule has 1 atom stereocenters. The van der Waals surface area contributed by atoms with Crippen molar-refractivity contribution < 1.29 is 9.36 Å². The molecule has 0 fully saturated rings. The van der Waals surface area contributed by atoms with E-state index >= 15 is 0 Å². The number of hydrogen-bond donors (Lipinski definition) is 0. The van der Waals surface area contributed by atoms with E-state index in [1.807, 2.05) is 23.1 Å². The second kappa shape index (κ2) is 3.96. The van der Waals surface area contributed by atoms with Crippen LogP contribution in [0.15, 0.2) is 35.8 Å². The molecule has 86 valence electrons. The number of rotatable bonds is 1. The summed E-state index contributed by atoms with van der Waals surface area (Å²) in [5.74, 6) is 0. The number of hydrogen-bond acceptors (Lipinski definition) is 2. The zero-order valence-corrected chi connectivity index (χ0v) is 10.4. The minimum absolute atomic E-state index is 0.195. The van der Waals surface area contributed by atoms with Crippen molar-refractivity contribution in [1.29, 1.82) is 0 Å². The Labute approximate surface area is 104 Å². The molecule has 17 heavy (non-hydrogen) atoms. The minimum Gasteiger partial charge on any atom is -0.306 e. The van der Waals surface area contributed by atoms with Gasteiger partial charge in [-0.2, -0.15) is 4.57 Å². The number of benzene rings is 1. The minimum atomic E-state index is 0.195. The molecule has 1 aliphatic rings. The van der Waals surface area contributed by atoms with Gasteiger partial charge in [0.2, 0.25) is 17.1 Å². The van der Waals surface area contributed by atoms with Crippen molar-refractivity contribution in [3.8, 4) is 5.69 Å². The van der Waals surface area contributed by atoms with Crippen molar-refractivity contribution in [2.75, 3.05) is 4.90 Å². The number of para-hydroxylation sites is 2. The lowest BCUT2D eigenvalue weighted by Gasteiger charge is -2.21. The Morgan fingerprint density at radius 2 is 2.29 bits per heavy atom. The van der Waals surface area contributed by atoms with Gasteiger partial charge in [-0.3, -0.25) is 4.79 Å². The molecule has 0 saturated carbocycles. The standard InChI is InChI=1S/C13H13N2OS/c1-10-8-13-14(6-7-17-13)11-4-2-3-5-12(11)15(10)9-16/h2-7,9-10H,8H2,1H3/q+1. The fourth-order valence-corrected chi connectivity index (χ4v) is 3.26. The number of aromatic nitrogens is 1. The molecule has 1 amide bonds. The first kappa shape index (κ1) is 10.5. The number of thiazole rings is 1. The van der Waals surface area contributed by atoms with Crippen molar-refractivity contribution in [2.24, 2.45) is 0 Å². The van der Waals surface area contributed by atoms with Gasteiger partial charge in [-0.15, -0.1) is 0 Å². The van der Waals surface area contributed by atoms with Crippen LogP contribution in [-0.4, -0.2) is 12.5 Å². The van der Waals surface area contributed by atoms with Crippen LogP contribution in [0.25, 0.3) is 5.69 Å². The Kier molecular flexibility index (Phi) is 2.44. The molecule has 3 nitrogen and oxygen atoms in total. The fraction of sp³-hybridized carbons (Fsp3) is 0.231. The van der Waals surface area contributed by atoms with Crippen LogP contribution in [0.3, 0.4) is 0 Å². The summed E-state index contributed by atoms with van der Waals surface area (Å²) in [5.41, 5.74) is 2.07. The number of carbonyl (C=O) groups is 1. The summed E-state index contributed by atoms with van der Waals surface area (Å²) < 4.78 is 2.18. The van der Waals surface area contributed by atoms with E-state index in [2.05, 4.69) is 29.1 Å². The third-order valence-electron chi connectivity index (χ3n) is 3.16. The van der Waals surface area contributed by atoms with E-state index in [-0.39, 0.29) is 6.04 Å². The van der Waals surface area contributed by atoms with E-state index in [4.69, 9.17) is 0 Å². The number of anilines is 1. The smallest absolute Gasteiger partial charge is 0.245 e. The molecule has 1 aromatic heterocycles. The van der Waals surface area contributed by atoms with Gasteiger partial charge in [0, 0.05) is 12.1 Å². The molecule has 3 rings (SSSR count). The average molecular weight is 245 g/mol. The van der Waals surface area contributed by atoms with Crippen LogP contribution in [0.4, 0.5) is 5.69 Å². The lowest BCUT2D eigenvalue weighted by Crippen LogP contribution is -2.32. The van der Waals surface area contributed by atoms with Gasteiger partial charge in [0.1, 0.15) is 5.69 Å². The summed E-state index contributed by atoms with van der Waals surface area (Å²) >= 11 is 1.74. The number of fused-ring (bicyclic) bond motifs is 3. The van der Waals surface area contributed by atoms with Gasteiger partial charge in [0.05, 0.1) is 11.8 Å². The number of amides is 1. The molecule has 2 aromatic rings. The van der Waals surface area contributed by atoms with Crippen molar-refractivity contribution in [2.45, 2.75) is 19.4 Å². The number of carbonyl (C=O) groups excluding carboxylic acids is 1. The highest BCUT2D eigenvalue weighted by atomic mass is 32.1. The lowest BCUT2D eigenvalue weighted by molar-refractivity contribution is -0.597. The van der Waals surface area contributed by atoms with Gasteiger partial charge < -0.3 is 4.90 Å². The summed E-state index contributed by atoms with van der Waals surface area (Å²) in [6.07, 6.45) is 3.89. The summed E-state index contributed by atoms with van der Waals surface area (Å²) in [5, 5.41) is 3.38. The van der Waals surface area contributed by atoms with E-state index in [9.17, 15) is 4.79 Å². The van der Waals surface area contributed by atoms with Crippen molar-refractivity contribution in [3.05, 3.63) is 40.8 Å². The molecule has 0 aliphatic carbocycles. The Hall–Kier alpha value is -1.68. The van der Waals surface area contributed by atoms with E-state index < -0.39 is 0 Å². The molecule has 0 spiro atoms. The van der Waals surface area contributed by atoms with Crippen LogP contribution in [0.1, 0.15) is 11.9 Å². The largest absolute Gasteiger partial charge is 0.306 e. The van der Waals surface area contributed by atoms with Crippen LogP contribution in [0.2, 0.25) is 0 Å². The highest BCUT2D eigenvalue weighted by molar-refractivity contribution is 7.09. The fourth-order valence-electron chi connectivity index (χ4n) is 2.31. The molecule has 2 heterocycles. The van der Waals surface area contributed by atoms with Gasteiger partial charge in [0.25, 0.3) is 0 Å². The monoisotopic (exact) mass is 245 g/mol. The zero-order valence-electron chi connectivity index (χ0n) is 9.54. The van der Waals surface area contributed by atoms with Crippen molar-refractivity contribution >= 4 is 23.4 Å². The van der Waals surface area contributed by atoms with Crippen LogP contribution < -0.4 is 9.47 Å². The maximum absolute atomic E-state index is 11.3. The van der Waals surface area contributed by atoms with Gasteiger partial charge in [-0.25, -0.2) is 0 Å². The van der Waals surface area contributed by atoms with E-state index in [1.54, 1.807) is 11.3 Å². The SMILES string of the molecule is CC1Cc2scc[n+]2-c2ccccc2N1C=O. The normalized spacial score (nSPS) is 18.2. The van der Waals surface area contributed by atoms with Crippen LogP contribution >= 0.6 is 11.3 Å². The van der Waals surface area contributed by atoms with Gasteiger partial charge in [0.15, 0.2) is 6.20 Å². The number of nitrogens with zero attached hydrogens (tertiary/aromatic N) is 2. The van der Waals surface area contributed by atoms with Gasteiger partial charge in [-0.1, -0.05) is 23.5 Å². The Morgan fingerprint density at radius 3 is 3.12 bits per heavy atom. The van der Waals surface area contributed by atoms with E-state index in [0.29, 0.717) is 0 Å². The van der Waals surface area contributed by atoms with E-state index in [1.165, 1.54) is 5.01 Å². The predicted molar refractivity (Wildman–Crippen MR) is 67.6 cm³/mol. The average Bonchev–Trinajstić information content (AvgIpc) is 2.75. The second-order valence-electron chi connectivity index (χ2n) is 4.22. The molecule has 0 N–H and O–H groups in total. The Balaban J connectivity index is 2.28. The lowest BCUT2D eigenvalue weighted by atomic mass is 10.2. The maximum atomic E-state index is 11.3. The Morgan fingerprint density at radius 1 is 1.47 bits per heavy atom. The molecule has 0 saturated heterocycles. The molecule has 4 heteroatoms. The van der Waals surface area contributed by atoms with Crippen LogP contribution in [-0.2, 0) is 11.2 Å². The molecule has 1 aliphatic heterocycles. The quantitative estimate of drug-likeness (QED) is 0.556. The van der Waals surface area contributed by atoms with Crippen LogP contribution in [0.5, 0.6) is 0 Å². The molecule has 1 aromatic carbocycles. The van der Waals surface area contributed by atoms with Crippen molar-refractivity contribution in [1.82, 2.24) is 0 Å². The third kappa shape index (κ3) is 1.56. The first-order valence-electron chi connectivity index (χ1n) is 5.62. The highest BCUT2D eigenvalue weighted by Crippen LogP contribution is 2.27. The third-order valence-corrected chi connectivity index (χ3v) is 4.05.